The quantitative estimate of drug-likeness (QED) is 0.663. The molecule has 3 aromatic rings. The standard InChI is InChI=1S/C19H16OSe/c1-2-7-17(8-3-1)21-13-16-12-15-11-10-14-6-4-5-9-18(14)19(15)20-16/h1-11,16H,12-13H2. The summed E-state index contributed by atoms with van der Waals surface area (Å²) in [5.41, 5.74) is 1.36. The van der Waals surface area contributed by atoms with Gasteiger partial charge in [-0.1, -0.05) is 0 Å². The van der Waals surface area contributed by atoms with Crippen molar-refractivity contribution in [1.82, 2.24) is 0 Å². The summed E-state index contributed by atoms with van der Waals surface area (Å²) in [6.45, 7) is 0. The molecule has 0 aliphatic carbocycles. The fraction of sp³-hybridized carbons (Fsp3) is 0.158. The van der Waals surface area contributed by atoms with E-state index < -0.39 is 0 Å². The first-order valence-electron chi connectivity index (χ1n) is 7.25. The Morgan fingerprint density at radius 2 is 1.71 bits per heavy atom. The first kappa shape index (κ1) is 12.9. The molecule has 1 atom stereocenters. The van der Waals surface area contributed by atoms with Crippen molar-refractivity contribution in [3.63, 3.8) is 0 Å². The Balaban J connectivity index is 1.53. The predicted octanol–water partition coefficient (Wildman–Crippen LogP) is 3.59. The van der Waals surface area contributed by atoms with E-state index in [1.165, 1.54) is 20.8 Å². The number of fused-ring (bicyclic) bond motifs is 3. The topological polar surface area (TPSA) is 9.23 Å². The summed E-state index contributed by atoms with van der Waals surface area (Å²) in [4.78, 5) is 0. The fourth-order valence-corrected chi connectivity index (χ4v) is 4.76. The van der Waals surface area contributed by atoms with Crippen LogP contribution in [0.25, 0.3) is 10.8 Å². The molecule has 0 saturated heterocycles. The van der Waals surface area contributed by atoms with Gasteiger partial charge >= 0.3 is 131 Å². The molecule has 1 unspecified atom stereocenters. The van der Waals surface area contributed by atoms with Gasteiger partial charge in [0, 0.05) is 0 Å². The Morgan fingerprint density at radius 3 is 2.62 bits per heavy atom. The van der Waals surface area contributed by atoms with Crippen LogP contribution >= 0.6 is 0 Å². The van der Waals surface area contributed by atoms with Gasteiger partial charge in [-0.25, -0.2) is 0 Å². The number of hydrogen-bond acceptors (Lipinski definition) is 1. The maximum absolute atomic E-state index is 6.26. The molecule has 4 rings (SSSR count). The Morgan fingerprint density at radius 1 is 0.905 bits per heavy atom. The van der Waals surface area contributed by atoms with E-state index in [1.54, 1.807) is 0 Å². The predicted molar refractivity (Wildman–Crippen MR) is 88.7 cm³/mol. The van der Waals surface area contributed by atoms with Gasteiger partial charge in [-0.2, -0.15) is 0 Å². The van der Waals surface area contributed by atoms with E-state index in [-0.39, 0.29) is 0 Å². The van der Waals surface area contributed by atoms with Crippen LogP contribution in [0.15, 0.2) is 66.7 Å². The van der Waals surface area contributed by atoms with Crippen molar-refractivity contribution in [3.8, 4) is 5.75 Å². The van der Waals surface area contributed by atoms with E-state index >= 15 is 0 Å². The summed E-state index contributed by atoms with van der Waals surface area (Å²) in [6, 6.07) is 23.7. The average Bonchev–Trinajstić information content (AvgIpc) is 2.97. The second kappa shape index (κ2) is 5.55. The van der Waals surface area contributed by atoms with Gasteiger partial charge < -0.3 is 0 Å². The zero-order valence-electron chi connectivity index (χ0n) is 11.7. The number of ether oxygens (including phenoxy) is 1. The summed E-state index contributed by atoms with van der Waals surface area (Å²) < 4.78 is 7.71. The first-order valence-corrected chi connectivity index (χ1v) is 9.32. The first-order chi connectivity index (χ1) is 10.4. The van der Waals surface area contributed by atoms with Gasteiger partial charge in [0.2, 0.25) is 0 Å². The molecule has 1 aliphatic rings. The number of rotatable bonds is 3. The molecule has 1 aliphatic heterocycles. The van der Waals surface area contributed by atoms with Crippen molar-refractivity contribution < 1.29 is 4.74 Å². The molecule has 0 aromatic heterocycles. The molecular formula is C19H16OSe. The van der Waals surface area contributed by atoms with Crippen LogP contribution in [-0.4, -0.2) is 21.1 Å². The molecule has 0 N–H and O–H groups in total. The van der Waals surface area contributed by atoms with Gasteiger partial charge in [0.1, 0.15) is 0 Å². The Hall–Kier alpha value is -1.76. The summed E-state index contributed by atoms with van der Waals surface area (Å²) in [7, 11) is 0. The van der Waals surface area contributed by atoms with Crippen LogP contribution in [0.2, 0.25) is 5.32 Å². The molecule has 0 amide bonds. The van der Waals surface area contributed by atoms with E-state index in [0.717, 1.165) is 17.5 Å². The third kappa shape index (κ3) is 2.57. The van der Waals surface area contributed by atoms with Crippen LogP contribution in [-0.2, 0) is 6.42 Å². The van der Waals surface area contributed by atoms with Crippen molar-refractivity contribution in [2.45, 2.75) is 17.8 Å². The number of hydrogen-bond donors (Lipinski definition) is 0. The maximum atomic E-state index is 6.26. The number of benzene rings is 3. The van der Waals surface area contributed by atoms with Crippen molar-refractivity contribution >= 4 is 30.2 Å². The molecule has 0 fully saturated rings. The second-order valence-corrected chi connectivity index (χ2v) is 7.64. The zero-order chi connectivity index (χ0) is 14.1. The van der Waals surface area contributed by atoms with E-state index in [1.807, 2.05) is 0 Å². The summed E-state index contributed by atoms with van der Waals surface area (Å²) in [6.07, 6.45) is 1.39. The van der Waals surface area contributed by atoms with Gasteiger partial charge in [0.05, 0.1) is 0 Å². The van der Waals surface area contributed by atoms with Gasteiger partial charge in [-0.15, -0.1) is 0 Å². The third-order valence-electron chi connectivity index (χ3n) is 3.87. The second-order valence-electron chi connectivity index (χ2n) is 5.34. The van der Waals surface area contributed by atoms with E-state index in [2.05, 4.69) is 66.7 Å². The van der Waals surface area contributed by atoms with Crippen molar-refractivity contribution in [2.75, 3.05) is 0 Å². The molecule has 0 radical (unpaired) electrons. The molecule has 104 valence electrons. The molecule has 0 saturated carbocycles. The van der Waals surface area contributed by atoms with Crippen molar-refractivity contribution in [3.05, 3.63) is 72.3 Å². The monoisotopic (exact) mass is 340 g/mol. The average molecular weight is 339 g/mol. The molecule has 1 heterocycles. The Bertz CT molecular complexity index is 767. The Labute approximate surface area is 131 Å². The third-order valence-corrected chi connectivity index (χ3v) is 6.27. The van der Waals surface area contributed by atoms with Crippen LogP contribution in [0.1, 0.15) is 5.56 Å². The summed E-state index contributed by atoms with van der Waals surface area (Å²) >= 11 is 0.490. The minimum absolute atomic E-state index is 0.339. The van der Waals surface area contributed by atoms with Crippen molar-refractivity contribution in [2.24, 2.45) is 0 Å². The van der Waals surface area contributed by atoms with Gasteiger partial charge in [0.15, 0.2) is 0 Å². The van der Waals surface area contributed by atoms with Gasteiger partial charge in [-0.05, 0) is 0 Å². The molecule has 21 heavy (non-hydrogen) atoms. The van der Waals surface area contributed by atoms with Gasteiger partial charge in [0.25, 0.3) is 0 Å². The van der Waals surface area contributed by atoms with Crippen molar-refractivity contribution in [1.29, 1.82) is 0 Å². The normalized spacial score (nSPS) is 16.7. The minimum atomic E-state index is 0.339. The van der Waals surface area contributed by atoms with Gasteiger partial charge in [-0.3, -0.25) is 0 Å². The molecule has 0 spiro atoms. The summed E-state index contributed by atoms with van der Waals surface area (Å²) in [5, 5.41) is 3.66. The SMILES string of the molecule is c1ccc([Se]CC2Cc3ccc4ccccc4c3O2)cc1. The zero-order valence-corrected chi connectivity index (χ0v) is 13.4. The van der Waals surface area contributed by atoms with E-state index in [4.69, 9.17) is 4.74 Å². The van der Waals surface area contributed by atoms with Crippen LogP contribution in [0.5, 0.6) is 5.75 Å². The molecule has 0 bridgehead atoms. The molecule has 1 nitrogen and oxygen atoms in total. The van der Waals surface area contributed by atoms with E-state index in [0.29, 0.717) is 21.1 Å². The Kier molecular flexibility index (Phi) is 3.42. The summed E-state index contributed by atoms with van der Waals surface area (Å²) in [5.74, 6) is 1.11. The van der Waals surface area contributed by atoms with Crippen LogP contribution < -0.4 is 9.20 Å². The van der Waals surface area contributed by atoms with Crippen LogP contribution in [0, 0.1) is 0 Å². The molecule has 3 aromatic carbocycles. The van der Waals surface area contributed by atoms with Crippen LogP contribution in [0.3, 0.4) is 0 Å². The molecular weight excluding hydrogens is 323 g/mol. The van der Waals surface area contributed by atoms with Crippen LogP contribution in [0.4, 0.5) is 0 Å². The van der Waals surface area contributed by atoms with E-state index in [9.17, 15) is 0 Å². The fourth-order valence-electron chi connectivity index (χ4n) is 2.84. The molecule has 2 heteroatoms.